The summed E-state index contributed by atoms with van der Waals surface area (Å²) in [6, 6.07) is 3.60. The largest absolute Gasteiger partial charge is 0.384 e. The number of likely N-dealkylation sites (tertiary alicyclic amines) is 1. The molecule has 0 spiro atoms. The number of benzene rings is 1. The third kappa shape index (κ3) is 6.21. The van der Waals surface area contributed by atoms with E-state index in [0.29, 0.717) is 24.4 Å². The maximum atomic E-state index is 13.1. The second-order valence-corrected chi connectivity index (χ2v) is 5.56. The van der Waals surface area contributed by atoms with Crippen molar-refractivity contribution in [3.05, 3.63) is 35.4 Å². The van der Waals surface area contributed by atoms with Gasteiger partial charge in [0, 0.05) is 45.8 Å². The van der Waals surface area contributed by atoms with Crippen molar-refractivity contribution in [1.29, 1.82) is 0 Å². The highest BCUT2D eigenvalue weighted by Crippen LogP contribution is 2.16. The molecule has 0 amide bonds. The first kappa shape index (κ1) is 20.1. The number of guanidine groups is 1. The van der Waals surface area contributed by atoms with Gasteiger partial charge in [0.2, 0.25) is 0 Å². The summed E-state index contributed by atoms with van der Waals surface area (Å²) in [5.74, 6) is 0.277. The molecule has 0 aromatic heterocycles. The van der Waals surface area contributed by atoms with Crippen LogP contribution in [-0.4, -0.2) is 51.3 Å². The predicted octanol–water partition coefficient (Wildman–Crippen LogP) is 2.67. The van der Waals surface area contributed by atoms with Crippen LogP contribution in [-0.2, 0) is 11.2 Å². The van der Waals surface area contributed by atoms with Gasteiger partial charge in [0.1, 0.15) is 11.6 Å². The van der Waals surface area contributed by atoms with Crippen molar-refractivity contribution in [3.63, 3.8) is 0 Å². The molecule has 0 saturated carbocycles. The number of methoxy groups -OCH3 is 1. The van der Waals surface area contributed by atoms with E-state index in [2.05, 4.69) is 15.2 Å². The molecule has 1 unspecified atom stereocenters. The third-order valence-electron chi connectivity index (χ3n) is 3.82. The molecule has 1 fully saturated rings. The molecule has 0 radical (unpaired) electrons. The number of aliphatic imine (C=N–C) groups is 1. The lowest BCUT2D eigenvalue weighted by Crippen LogP contribution is -2.41. The Labute approximate surface area is 153 Å². The summed E-state index contributed by atoms with van der Waals surface area (Å²) in [5.41, 5.74) is 0.638. The van der Waals surface area contributed by atoms with Gasteiger partial charge in [-0.2, -0.15) is 0 Å². The molecule has 0 aliphatic carbocycles. The first-order chi connectivity index (χ1) is 10.6. The zero-order valence-corrected chi connectivity index (χ0v) is 15.8. The van der Waals surface area contributed by atoms with Gasteiger partial charge in [-0.3, -0.25) is 4.99 Å². The van der Waals surface area contributed by atoms with Crippen molar-refractivity contribution < 1.29 is 13.5 Å². The van der Waals surface area contributed by atoms with Crippen LogP contribution in [0, 0.1) is 17.6 Å². The van der Waals surface area contributed by atoms with Crippen LogP contribution < -0.4 is 5.32 Å². The van der Waals surface area contributed by atoms with Crippen LogP contribution in [0.15, 0.2) is 23.2 Å². The van der Waals surface area contributed by atoms with E-state index in [9.17, 15) is 8.78 Å². The zero-order valence-electron chi connectivity index (χ0n) is 13.5. The lowest BCUT2D eigenvalue weighted by molar-refractivity contribution is 0.157. The lowest BCUT2D eigenvalue weighted by atomic mass is 10.1. The Morgan fingerprint density at radius 3 is 2.65 bits per heavy atom. The van der Waals surface area contributed by atoms with E-state index in [1.807, 2.05) is 0 Å². The first-order valence-corrected chi connectivity index (χ1v) is 7.52. The molecular formula is C16H24F2IN3O. The zero-order chi connectivity index (χ0) is 15.9. The Morgan fingerprint density at radius 2 is 2.04 bits per heavy atom. The SMILES string of the molecule is CN=C(NCCc1cc(F)cc(F)c1)N1CCC(COC)C1.I. The van der Waals surface area contributed by atoms with Gasteiger partial charge in [0.15, 0.2) is 5.96 Å². The number of halogens is 3. The van der Waals surface area contributed by atoms with Gasteiger partial charge in [-0.15, -0.1) is 24.0 Å². The Bertz CT molecular complexity index is 508. The quantitative estimate of drug-likeness (QED) is 0.436. The normalized spacial score (nSPS) is 18.0. The van der Waals surface area contributed by atoms with Crippen LogP contribution in [0.3, 0.4) is 0 Å². The highest BCUT2D eigenvalue weighted by Gasteiger charge is 2.24. The summed E-state index contributed by atoms with van der Waals surface area (Å²) in [4.78, 5) is 6.46. The molecule has 7 heteroatoms. The van der Waals surface area contributed by atoms with Crippen LogP contribution in [0.1, 0.15) is 12.0 Å². The summed E-state index contributed by atoms with van der Waals surface area (Å²) in [6.07, 6.45) is 1.63. The average molecular weight is 439 g/mol. The molecule has 0 bridgehead atoms. The topological polar surface area (TPSA) is 36.9 Å². The van der Waals surface area contributed by atoms with Gasteiger partial charge in [-0.05, 0) is 30.5 Å². The molecule has 4 nitrogen and oxygen atoms in total. The maximum absolute atomic E-state index is 13.1. The Kier molecular flexibility index (Phi) is 8.75. The van der Waals surface area contributed by atoms with Crippen LogP contribution in [0.25, 0.3) is 0 Å². The summed E-state index contributed by atoms with van der Waals surface area (Å²) in [5, 5.41) is 3.25. The highest BCUT2D eigenvalue weighted by molar-refractivity contribution is 14.0. The van der Waals surface area contributed by atoms with E-state index >= 15 is 0 Å². The predicted molar refractivity (Wildman–Crippen MR) is 98.4 cm³/mol. The molecule has 1 saturated heterocycles. The fraction of sp³-hybridized carbons (Fsp3) is 0.562. The fourth-order valence-corrected chi connectivity index (χ4v) is 2.80. The van der Waals surface area contributed by atoms with Gasteiger partial charge in [-0.25, -0.2) is 8.78 Å². The molecule has 1 aromatic rings. The van der Waals surface area contributed by atoms with E-state index in [1.165, 1.54) is 12.1 Å². The Morgan fingerprint density at radius 1 is 1.35 bits per heavy atom. The van der Waals surface area contributed by atoms with Crippen LogP contribution >= 0.6 is 24.0 Å². The van der Waals surface area contributed by atoms with Crippen molar-refractivity contribution in [2.75, 3.05) is 40.4 Å². The second-order valence-electron chi connectivity index (χ2n) is 5.56. The molecule has 1 aromatic carbocycles. The monoisotopic (exact) mass is 439 g/mol. The summed E-state index contributed by atoms with van der Waals surface area (Å²) >= 11 is 0. The number of nitrogens with zero attached hydrogens (tertiary/aromatic N) is 2. The Hall–Kier alpha value is -0.960. The molecule has 1 aliphatic heterocycles. The smallest absolute Gasteiger partial charge is 0.193 e. The average Bonchev–Trinajstić information content (AvgIpc) is 2.91. The first-order valence-electron chi connectivity index (χ1n) is 7.52. The van der Waals surface area contributed by atoms with Crippen molar-refractivity contribution in [1.82, 2.24) is 10.2 Å². The van der Waals surface area contributed by atoms with E-state index in [1.54, 1.807) is 14.2 Å². The van der Waals surface area contributed by atoms with Crippen molar-refractivity contribution in [2.45, 2.75) is 12.8 Å². The molecule has 130 valence electrons. The van der Waals surface area contributed by atoms with Gasteiger partial charge < -0.3 is 15.0 Å². The minimum Gasteiger partial charge on any atom is -0.384 e. The van der Waals surface area contributed by atoms with Gasteiger partial charge >= 0.3 is 0 Å². The molecule has 1 atom stereocenters. The van der Waals surface area contributed by atoms with Crippen LogP contribution in [0.2, 0.25) is 0 Å². The van der Waals surface area contributed by atoms with Crippen molar-refractivity contribution in [3.8, 4) is 0 Å². The highest BCUT2D eigenvalue weighted by atomic mass is 127. The molecule has 1 aliphatic rings. The number of ether oxygens (including phenoxy) is 1. The number of rotatable bonds is 5. The fourth-order valence-electron chi connectivity index (χ4n) is 2.80. The van der Waals surface area contributed by atoms with Crippen molar-refractivity contribution >= 4 is 29.9 Å². The van der Waals surface area contributed by atoms with Crippen molar-refractivity contribution in [2.24, 2.45) is 10.9 Å². The molecule has 23 heavy (non-hydrogen) atoms. The second kappa shape index (κ2) is 10.0. The molecule has 2 rings (SSSR count). The molecule has 1 heterocycles. The third-order valence-corrected chi connectivity index (χ3v) is 3.82. The minimum atomic E-state index is -0.540. The number of nitrogens with one attached hydrogen (secondary N) is 1. The van der Waals surface area contributed by atoms with E-state index < -0.39 is 11.6 Å². The Balaban J connectivity index is 0.00000264. The summed E-state index contributed by atoms with van der Waals surface area (Å²) in [6.45, 7) is 3.21. The van der Waals surface area contributed by atoms with Gasteiger partial charge in [0.25, 0.3) is 0 Å². The molecule has 1 N–H and O–H groups in total. The summed E-state index contributed by atoms with van der Waals surface area (Å²) < 4.78 is 31.5. The van der Waals surface area contributed by atoms with E-state index in [-0.39, 0.29) is 24.0 Å². The van der Waals surface area contributed by atoms with Crippen LogP contribution in [0.4, 0.5) is 8.78 Å². The lowest BCUT2D eigenvalue weighted by Gasteiger charge is -2.21. The standard InChI is InChI=1S/C16H23F2N3O.HI/c1-19-16(21-6-4-13(10-21)11-22-2)20-5-3-12-7-14(17)9-15(18)8-12;/h7-9,13H,3-6,10-11H2,1-2H3,(H,19,20);1H. The van der Waals surface area contributed by atoms with Gasteiger partial charge in [-0.1, -0.05) is 0 Å². The minimum absolute atomic E-state index is 0. The van der Waals surface area contributed by atoms with E-state index in [0.717, 1.165) is 38.1 Å². The van der Waals surface area contributed by atoms with E-state index in [4.69, 9.17) is 4.74 Å². The summed E-state index contributed by atoms with van der Waals surface area (Å²) in [7, 11) is 3.46. The maximum Gasteiger partial charge on any atom is 0.193 e. The van der Waals surface area contributed by atoms with Gasteiger partial charge in [0.05, 0.1) is 6.61 Å². The number of hydrogen-bond donors (Lipinski definition) is 1. The number of hydrogen-bond acceptors (Lipinski definition) is 2. The van der Waals surface area contributed by atoms with Crippen LogP contribution in [0.5, 0.6) is 0 Å². The molecular weight excluding hydrogens is 415 g/mol.